The van der Waals surface area contributed by atoms with Gasteiger partial charge in [0.05, 0.1) is 24.9 Å². The highest BCUT2D eigenvalue weighted by atomic mass is 16.5. The van der Waals surface area contributed by atoms with Gasteiger partial charge in [-0.05, 0) is 12.8 Å². The van der Waals surface area contributed by atoms with Gasteiger partial charge in [0.1, 0.15) is 0 Å². The number of aliphatic hydroxyl groups excluding tert-OH is 1. The zero-order chi connectivity index (χ0) is 12.3. The van der Waals surface area contributed by atoms with Crippen molar-refractivity contribution in [2.75, 3.05) is 26.3 Å². The van der Waals surface area contributed by atoms with Crippen molar-refractivity contribution < 1.29 is 14.6 Å². The number of morpholine rings is 1. The lowest BCUT2D eigenvalue weighted by Crippen LogP contribution is -2.59. The average Bonchev–Trinajstić information content (AvgIpc) is 2.39. The molecule has 0 aromatic carbocycles. The Labute approximate surface area is 102 Å². The van der Waals surface area contributed by atoms with Crippen molar-refractivity contribution in [1.29, 1.82) is 0 Å². The normalized spacial score (nSPS) is 29.1. The predicted octanol–water partition coefficient (Wildman–Crippen LogP) is -0.132. The lowest BCUT2D eigenvalue weighted by atomic mass is 9.81. The molecule has 3 N–H and O–H groups in total. The smallest absolute Gasteiger partial charge is 0.242 e. The number of aliphatic hydroxyl groups is 1. The van der Waals surface area contributed by atoms with Gasteiger partial charge in [-0.25, -0.2) is 0 Å². The monoisotopic (exact) mass is 242 g/mol. The number of nitrogens with zero attached hydrogens (tertiary/aromatic N) is 1. The van der Waals surface area contributed by atoms with E-state index in [9.17, 15) is 4.79 Å². The number of nitrogens with two attached hydrogens (primary N) is 1. The Hall–Kier alpha value is -0.650. The number of carbonyl (C=O) groups excluding carboxylic acids is 1. The number of ether oxygens (including phenoxy) is 1. The molecule has 98 valence electrons. The van der Waals surface area contributed by atoms with E-state index in [1.165, 1.54) is 6.42 Å². The van der Waals surface area contributed by atoms with Crippen molar-refractivity contribution in [2.24, 2.45) is 5.73 Å². The number of amides is 1. The van der Waals surface area contributed by atoms with Crippen molar-refractivity contribution in [3.63, 3.8) is 0 Å². The van der Waals surface area contributed by atoms with Crippen LogP contribution in [0.15, 0.2) is 0 Å². The lowest BCUT2D eigenvalue weighted by Gasteiger charge is -2.40. The first-order valence-electron chi connectivity index (χ1n) is 6.46. The van der Waals surface area contributed by atoms with Gasteiger partial charge >= 0.3 is 0 Å². The van der Waals surface area contributed by atoms with Gasteiger partial charge in [-0.1, -0.05) is 19.3 Å². The van der Waals surface area contributed by atoms with E-state index in [0.717, 1.165) is 25.7 Å². The lowest BCUT2D eigenvalue weighted by molar-refractivity contribution is -0.147. The van der Waals surface area contributed by atoms with E-state index in [1.807, 2.05) is 0 Å². The van der Waals surface area contributed by atoms with Crippen molar-refractivity contribution in [1.82, 2.24) is 4.90 Å². The van der Waals surface area contributed by atoms with Crippen LogP contribution in [0, 0.1) is 0 Å². The molecule has 1 heterocycles. The largest absolute Gasteiger partial charge is 0.394 e. The molecule has 0 aromatic rings. The predicted molar refractivity (Wildman–Crippen MR) is 63.4 cm³/mol. The quantitative estimate of drug-likeness (QED) is 0.707. The summed E-state index contributed by atoms with van der Waals surface area (Å²) in [7, 11) is 0. The Balaban J connectivity index is 1.98. The molecule has 1 amide bonds. The summed E-state index contributed by atoms with van der Waals surface area (Å²) in [5, 5.41) is 9.07. The van der Waals surface area contributed by atoms with Crippen LogP contribution in [0.1, 0.15) is 32.1 Å². The number of hydrogen-bond donors (Lipinski definition) is 2. The average molecular weight is 242 g/mol. The Morgan fingerprint density at radius 3 is 2.76 bits per heavy atom. The second-order valence-electron chi connectivity index (χ2n) is 5.14. The van der Waals surface area contributed by atoms with Gasteiger partial charge < -0.3 is 20.5 Å². The van der Waals surface area contributed by atoms with Gasteiger partial charge in [-0.15, -0.1) is 0 Å². The van der Waals surface area contributed by atoms with Crippen LogP contribution in [0.5, 0.6) is 0 Å². The Morgan fingerprint density at radius 2 is 2.12 bits per heavy atom. The standard InChI is InChI=1S/C12H22N2O3/c13-12(4-2-1-3-5-12)11(16)14-6-7-17-10(8-14)9-15/h10,15H,1-9,13H2. The molecule has 0 spiro atoms. The molecular weight excluding hydrogens is 220 g/mol. The van der Waals surface area contributed by atoms with E-state index >= 15 is 0 Å². The first kappa shape index (κ1) is 12.8. The van der Waals surface area contributed by atoms with Crippen LogP contribution in [0.2, 0.25) is 0 Å². The minimum atomic E-state index is -0.671. The highest BCUT2D eigenvalue weighted by Gasteiger charge is 2.39. The van der Waals surface area contributed by atoms with Crippen molar-refractivity contribution >= 4 is 5.91 Å². The van der Waals surface area contributed by atoms with E-state index in [-0.39, 0.29) is 18.6 Å². The molecule has 5 nitrogen and oxygen atoms in total. The SMILES string of the molecule is NC1(C(=O)N2CCOC(CO)C2)CCCCC1. The maximum atomic E-state index is 12.4. The van der Waals surface area contributed by atoms with Crippen LogP contribution in [0.4, 0.5) is 0 Å². The van der Waals surface area contributed by atoms with Crippen LogP contribution >= 0.6 is 0 Å². The fourth-order valence-corrected chi connectivity index (χ4v) is 2.73. The molecule has 1 saturated carbocycles. The van der Waals surface area contributed by atoms with Gasteiger partial charge in [0, 0.05) is 13.1 Å². The fourth-order valence-electron chi connectivity index (χ4n) is 2.73. The molecule has 0 aromatic heterocycles. The minimum absolute atomic E-state index is 0.0403. The molecule has 0 radical (unpaired) electrons. The summed E-state index contributed by atoms with van der Waals surface area (Å²) in [4.78, 5) is 14.2. The minimum Gasteiger partial charge on any atom is -0.394 e. The molecule has 0 bridgehead atoms. The van der Waals surface area contributed by atoms with Crippen LogP contribution in [-0.4, -0.2) is 53.9 Å². The van der Waals surface area contributed by atoms with Crippen molar-refractivity contribution in [3.05, 3.63) is 0 Å². The van der Waals surface area contributed by atoms with Gasteiger partial charge in [0.2, 0.25) is 5.91 Å². The third kappa shape index (κ3) is 2.78. The van der Waals surface area contributed by atoms with E-state index < -0.39 is 5.54 Å². The summed E-state index contributed by atoms with van der Waals surface area (Å²) in [6.07, 6.45) is 4.57. The van der Waals surface area contributed by atoms with E-state index in [2.05, 4.69) is 0 Å². The number of hydrogen-bond acceptors (Lipinski definition) is 4. The van der Waals surface area contributed by atoms with Gasteiger partial charge in [-0.3, -0.25) is 4.79 Å². The van der Waals surface area contributed by atoms with Gasteiger partial charge in [0.25, 0.3) is 0 Å². The topological polar surface area (TPSA) is 75.8 Å². The van der Waals surface area contributed by atoms with Crippen LogP contribution in [0.3, 0.4) is 0 Å². The maximum Gasteiger partial charge on any atom is 0.242 e. The highest BCUT2D eigenvalue weighted by Crippen LogP contribution is 2.28. The van der Waals surface area contributed by atoms with Gasteiger partial charge in [0.15, 0.2) is 0 Å². The van der Waals surface area contributed by atoms with E-state index in [0.29, 0.717) is 19.7 Å². The first-order chi connectivity index (χ1) is 8.15. The second-order valence-corrected chi connectivity index (χ2v) is 5.14. The highest BCUT2D eigenvalue weighted by molar-refractivity contribution is 5.86. The molecular formula is C12H22N2O3. The third-order valence-corrected chi connectivity index (χ3v) is 3.80. The van der Waals surface area contributed by atoms with Crippen molar-refractivity contribution in [2.45, 2.75) is 43.7 Å². The molecule has 1 unspecified atom stereocenters. The zero-order valence-electron chi connectivity index (χ0n) is 10.2. The molecule has 1 aliphatic heterocycles. The number of carbonyl (C=O) groups is 1. The van der Waals surface area contributed by atoms with Crippen molar-refractivity contribution in [3.8, 4) is 0 Å². The molecule has 2 rings (SSSR count). The molecule has 1 atom stereocenters. The summed E-state index contributed by atoms with van der Waals surface area (Å²) < 4.78 is 5.34. The summed E-state index contributed by atoms with van der Waals surface area (Å²) in [5.41, 5.74) is 5.55. The summed E-state index contributed by atoms with van der Waals surface area (Å²) in [6, 6.07) is 0. The van der Waals surface area contributed by atoms with Crippen LogP contribution in [0.25, 0.3) is 0 Å². The Bertz CT molecular complexity index is 277. The fraction of sp³-hybridized carbons (Fsp3) is 0.917. The number of rotatable bonds is 2. The zero-order valence-corrected chi connectivity index (χ0v) is 10.2. The molecule has 17 heavy (non-hydrogen) atoms. The summed E-state index contributed by atoms with van der Waals surface area (Å²) in [6.45, 7) is 1.51. The van der Waals surface area contributed by atoms with Gasteiger partial charge in [-0.2, -0.15) is 0 Å². The second kappa shape index (κ2) is 5.33. The van der Waals surface area contributed by atoms with E-state index in [1.54, 1.807) is 4.90 Å². The summed E-state index contributed by atoms with van der Waals surface area (Å²) in [5.74, 6) is 0.0407. The van der Waals surface area contributed by atoms with E-state index in [4.69, 9.17) is 15.6 Å². The molecule has 1 aliphatic carbocycles. The first-order valence-corrected chi connectivity index (χ1v) is 6.46. The summed E-state index contributed by atoms with van der Waals surface area (Å²) >= 11 is 0. The molecule has 2 fully saturated rings. The molecule has 2 aliphatic rings. The Kier molecular flexibility index (Phi) is 4.01. The molecule has 5 heteroatoms. The van der Waals surface area contributed by atoms with Crippen LogP contribution < -0.4 is 5.73 Å². The maximum absolute atomic E-state index is 12.4. The Morgan fingerprint density at radius 1 is 1.41 bits per heavy atom. The third-order valence-electron chi connectivity index (χ3n) is 3.80. The van der Waals surface area contributed by atoms with Crippen LogP contribution in [-0.2, 0) is 9.53 Å². The molecule has 1 saturated heterocycles.